The highest BCUT2D eigenvalue weighted by molar-refractivity contribution is 5.88. The molecule has 0 unspecified atom stereocenters. The first kappa shape index (κ1) is 11.6. The van der Waals surface area contributed by atoms with E-state index >= 15 is 0 Å². The van der Waals surface area contributed by atoms with Crippen molar-refractivity contribution >= 4 is 11.7 Å². The van der Waals surface area contributed by atoms with E-state index in [2.05, 4.69) is 31.4 Å². The van der Waals surface area contributed by atoms with Crippen LogP contribution in [0, 0.1) is 0 Å². The first-order valence-corrected chi connectivity index (χ1v) is 5.03. The molecular weight excluding hydrogens is 188 g/mol. The van der Waals surface area contributed by atoms with Crippen molar-refractivity contribution in [2.24, 2.45) is 0 Å². The molecule has 0 aliphatic rings. The van der Waals surface area contributed by atoms with Gasteiger partial charge in [-0.05, 0) is 23.1 Å². The number of hydrogen-bond acceptors (Lipinski definition) is 1. The van der Waals surface area contributed by atoms with Gasteiger partial charge in [0.2, 0.25) is 0 Å². The van der Waals surface area contributed by atoms with Gasteiger partial charge in [-0.2, -0.15) is 0 Å². The first-order valence-electron chi connectivity index (χ1n) is 5.03. The highest BCUT2D eigenvalue weighted by Crippen LogP contribution is 2.23. The molecule has 0 saturated carbocycles. The Morgan fingerprint density at radius 2 is 1.67 bits per heavy atom. The van der Waals surface area contributed by atoms with E-state index in [9.17, 15) is 4.79 Å². The molecule has 0 aliphatic carbocycles. The van der Waals surface area contributed by atoms with Gasteiger partial charge >= 0.3 is 6.03 Å². The number of carbonyl (C=O) groups is 1. The van der Waals surface area contributed by atoms with Gasteiger partial charge in [0.05, 0.1) is 0 Å². The van der Waals surface area contributed by atoms with Crippen molar-refractivity contribution in [3.63, 3.8) is 0 Å². The molecule has 1 aromatic rings. The van der Waals surface area contributed by atoms with Crippen LogP contribution in [-0.2, 0) is 5.41 Å². The lowest BCUT2D eigenvalue weighted by atomic mass is 9.87. The lowest BCUT2D eigenvalue weighted by Crippen LogP contribution is -2.24. The summed E-state index contributed by atoms with van der Waals surface area (Å²) in [5.74, 6) is 0. The summed E-state index contributed by atoms with van der Waals surface area (Å²) >= 11 is 0. The Hall–Kier alpha value is -1.51. The van der Waals surface area contributed by atoms with Gasteiger partial charge < -0.3 is 10.6 Å². The van der Waals surface area contributed by atoms with Gasteiger partial charge in [0.15, 0.2) is 0 Å². The van der Waals surface area contributed by atoms with Crippen LogP contribution >= 0.6 is 0 Å². The molecule has 0 fully saturated rings. The van der Waals surface area contributed by atoms with Gasteiger partial charge in [-0.3, -0.25) is 0 Å². The zero-order valence-electron chi connectivity index (χ0n) is 9.72. The van der Waals surface area contributed by atoms with Gasteiger partial charge in [0.25, 0.3) is 0 Å². The third-order valence-electron chi connectivity index (χ3n) is 2.24. The van der Waals surface area contributed by atoms with E-state index in [1.807, 2.05) is 24.3 Å². The number of urea groups is 1. The number of anilines is 1. The quantitative estimate of drug-likeness (QED) is 0.728. The molecule has 2 N–H and O–H groups in total. The summed E-state index contributed by atoms with van der Waals surface area (Å²) in [6.07, 6.45) is 0. The maximum Gasteiger partial charge on any atom is 0.318 e. The zero-order chi connectivity index (χ0) is 11.5. The molecule has 1 aromatic carbocycles. The van der Waals surface area contributed by atoms with E-state index in [1.54, 1.807) is 7.05 Å². The fourth-order valence-electron chi connectivity index (χ4n) is 1.25. The van der Waals surface area contributed by atoms with Crippen LogP contribution < -0.4 is 10.6 Å². The summed E-state index contributed by atoms with van der Waals surface area (Å²) in [5, 5.41) is 5.23. The van der Waals surface area contributed by atoms with E-state index in [0.717, 1.165) is 5.69 Å². The zero-order valence-corrected chi connectivity index (χ0v) is 9.72. The predicted molar refractivity (Wildman–Crippen MR) is 63.2 cm³/mol. The highest BCUT2D eigenvalue weighted by atomic mass is 16.2. The van der Waals surface area contributed by atoms with Crippen molar-refractivity contribution in [1.82, 2.24) is 5.32 Å². The number of rotatable bonds is 1. The summed E-state index contributed by atoms with van der Waals surface area (Å²) in [5.41, 5.74) is 2.21. The summed E-state index contributed by atoms with van der Waals surface area (Å²) < 4.78 is 0. The number of benzene rings is 1. The maximum absolute atomic E-state index is 11.0. The number of carbonyl (C=O) groups excluding carboxylic acids is 1. The van der Waals surface area contributed by atoms with Gasteiger partial charge in [0, 0.05) is 12.7 Å². The Balaban J connectivity index is 2.77. The van der Waals surface area contributed by atoms with Gasteiger partial charge in [-0.1, -0.05) is 32.9 Å². The summed E-state index contributed by atoms with van der Waals surface area (Å²) in [6.45, 7) is 6.48. The van der Waals surface area contributed by atoms with Crippen LogP contribution in [0.4, 0.5) is 10.5 Å². The minimum Gasteiger partial charge on any atom is -0.341 e. The number of nitrogens with one attached hydrogen (secondary N) is 2. The van der Waals surface area contributed by atoms with E-state index in [4.69, 9.17) is 0 Å². The Kier molecular flexibility index (Phi) is 3.35. The smallest absolute Gasteiger partial charge is 0.318 e. The Bertz CT molecular complexity index is 336. The summed E-state index contributed by atoms with van der Waals surface area (Å²) in [4.78, 5) is 11.0. The Morgan fingerprint density at radius 1 is 1.13 bits per heavy atom. The fraction of sp³-hybridized carbons (Fsp3) is 0.417. The lowest BCUT2D eigenvalue weighted by Gasteiger charge is -2.19. The van der Waals surface area contributed by atoms with Crippen molar-refractivity contribution in [2.75, 3.05) is 12.4 Å². The molecule has 0 radical (unpaired) electrons. The second-order valence-electron chi connectivity index (χ2n) is 4.53. The molecule has 15 heavy (non-hydrogen) atoms. The molecule has 0 atom stereocenters. The van der Waals surface area contributed by atoms with Crippen LogP contribution in [0.25, 0.3) is 0 Å². The average Bonchev–Trinajstić information content (AvgIpc) is 2.17. The molecule has 2 amide bonds. The van der Waals surface area contributed by atoms with E-state index in [0.29, 0.717) is 0 Å². The third-order valence-corrected chi connectivity index (χ3v) is 2.24. The minimum absolute atomic E-state index is 0.144. The lowest BCUT2D eigenvalue weighted by molar-refractivity contribution is 0.254. The SMILES string of the molecule is CNC(=O)Nc1ccc(C(C)(C)C)cc1. The van der Waals surface area contributed by atoms with Crippen LogP contribution in [0.3, 0.4) is 0 Å². The van der Waals surface area contributed by atoms with Crippen LogP contribution in [0.1, 0.15) is 26.3 Å². The van der Waals surface area contributed by atoms with Gasteiger partial charge in [-0.15, -0.1) is 0 Å². The third kappa shape index (κ3) is 3.27. The molecule has 0 aromatic heterocycles. The van der Waals surface area contributed by atoms with Crippen molar-refractivity contribution < 1.29 is 4.79 Å². The van der Waals surface area contributed by atoms with Crippen molar-refractivity contribution in [2.45, 2.75) is 26.2 Å². The molecular formula is C12H18N2O. The second kappa shape index (κ2) is 4.34. The van der Waals surface area contributed by atoms with Crippen LogP contribution in [0.2, 0.25) is 0 Å². The molecule has 3 nitrogen and oxygen atoms in total. The monoisotopic (exact) mass is 206 g/mol. The van der Waals surface area contributed by atoms with Crippen molar-refractivity contribution in [1.29, 1.82) is 0 Å². The molecule has 3 heteroatoms. The largest absolute Gasteiger partial charge is 0.341 e. The second-order valence-corrected chi connectivity index (χ2v) is 4.53. The minimum atomic E-state index is -0.196. The van der Waals surface area contributed by atoms with Crippen LogP contribution in [0.15, 0.2) is 24.3 Å². The standard InChI is InChI=1S/C12H18N2O/c1-12(2,3)9-5-7-10(8-6-9)14-11(15)13-4/h5-8H,1-4H3,(H2,13,14,15). The summed E-state index contributed by atoms with van der Waals surface area (Å²) in [6, 6.07) is 7.70. The van der Waals surface area contributed by atoms with Gasteiger partial charge in [0.1, 0.15) is 0 Å². The molecule has 0 aliphatic heterocycles. The van der Waals surface area contributed by atoms with E-state index < -0.39 is 0 Å². The van der Waals surface area contributed by atoms with Crippen molar-refractivity contribution in [3.8, 4) is 0 Å². The number of hydrogen-bond donors (Lipinski definition) is 2. The van der Waals surface area contributed by atoms with E-state index in [1.165, 1.54) is 5.56 Å². The molecule has 1 rings (SSSR count). The molecule has 82 valence electrons. The molecule has 0 heterocycles. The Labute approximate surface area is 90.9 Å². The topological polar surface area (TPSA) is 41.1 Å². The molecule has 0 saturated heterocycles. The first-order chi connectivity index (χ1) is 6.93. The van der Waals surface area contributed by atoms with Crippen molar-refractivity contribution in [3.05, 3.63) is 29.8 Å². The number of amides is 2. The average molecular weight is 206 g/mol. The van der Waals surface area contributed by atoms with Gasteiger partial charge in [-0.25, -0.2) is 4.79 Å². The maximum atomic E-state index is 11.0. The summed E-state index contributed by atoms with van der Waals surface area (Å²) in [7, 11) is 1.60. The highest BCUT2D eigenvalue weighted by Gasteiger charge is 2.12. The fourth-order valence-corrected chi connectivity index (χ4v) is 1.25. The Morgan fingerprint density at radius 3 is 2.07 bits per heavy atom. The van der Waals surface area contributed by atoms with E-state index in [-0.39, 0.29) is 11.4 Å². The van der Waals surface area contributed by atoms with Crippen LogP contribution in [-0.4, -0.2) is 13.1 Å². The normalized spacial score (nSPS) is 10.9. The predicted octanol–water partition coefficient (Wildman–Crippen LogP) is 2.74. The molecule has 0 spiro atoms. The van der Waals surface area contributed by atoms with Crippen LogP contribution in [0.5, 0.6) is 0 Å². The molecule has 0 bridgehead atoms.